The molecule has 0 aliphatic heterocycles. The van der Waals surface area contributed by atoms with Crippen molar-refractivity contribution in [2.24, 2.45) is 0 Å². The number of hydrogen-bond donors (Lipinski definition) is 2. The fourth-order valence-electron chi connectivity index (χ4n) is 1.86. The van der Waals surface area contributed by atoms with Crippen LogP contribution in [-0.2, 0) is 4.79 Å². The first kappa shape index (κ1) is 15.8. The Labute approximate surface area is 129 Å². The van der Waals surface area contributed by atoms with Crippen molar-refractivity contribution in [3.05, 3.63) is 35.0 Å². The molecule has 0 fully saturated rings. The molecule has 4 nitrogen and oxygen atoms in total. The van der Waals surface area contributed by atoms with Crippen molar-refractivity contribution >= 4 is 45.1 Å². The zero-order valence-electron chi connectivity index (χ0n) is 11.3. The number of thiophene rings is 1. The van der Waals surface area contributed by atoms with Gasteiger partial charge >= 0.3 is 5.97 Å². The second-order valence-electron chi connectivity index (χ2n) is 4.41. The number of thioether (sulfide) groups is 1. The van der Waals surface area contributed by atoms with Gasteiger partial charge in [0.25, 0.3) is 5.91 Å². The highest BCUT2D eigenvalue weighted by Gasteiger charge is 2.21. The van der Waals surface area contributed by atoms with Crippen LogP contribution in [0.2, 0.25) is 0 Å². The molecule has 1 atom stereocenters. The van der Waals surface area contributed by atoms with E-state index in [1.54, 1.807) is 12.1 Å². The lowest BCUT2D eigenvalue weighted by Crippen LogP contribution is -2.40. The molecule has 1 amide bonds. The van der Waals surface area contributed by atoms with Crippen LogP contribution in [0.5, 0.6) is 0 Å². The van der Waals surface area contributed by atoms with Crippen LogP contribution in [0, 0.1) is 5.82 Å². The fourth-order valence-corrected chi connectivity index (χ4v) is 3.31. The summed E-state index contributed by atoms with van der Waals surface area (Å²) in [6, 6.07) is 5.16. The summed E-state index contributed by atoms with van der Waals surface area (Å²) >= 11 is 2.66. The molecule has 2 N–H and O–H groups in total. The quantitative estimate of drug-likeness (QED) is 0.856. The number of carbonyl (C=O) groups is 2. The summed E-state index contributed by atoms with van der Waals surface area (Å²) < 4.78 is 14.3. The highest BCUT2D eigenvalue weighted by molar-refractivity contribution is 7.98. The van der Waals surface area contributed by atoms with E-state index in [9.17, 15) is 14.0 Å². The largest absolute Gasteiger partial charge is 0.480 e. The summed E-state index contributed by atoms with van der Waals surface area (Å²) in [5.74, 6) is -1.30. The van der Waals surface area contributed by atoms with E-state index in [1.807, 2.05) is 6.26 Å². The Morgan fingerprint density at radius 1 is 1.48 bits per heavy atom. The van der Waals surface area contributed by atoms with Gasteiger partial charge in [-0.2, -0.15) is 11.8 Å². The summed E-state index contributed by atoms with van der Waals surface area (Å²) in [7, 11) is 0. The standard InChI is InChI=1S/C14H14FNO3S2/c1-20-6-5-10(14(18)19)16-13(17)12-7-8-9(15)3-2-4-11(8)21-12/h2-4,7,10H,5-6H2,1H3,(H,16,17)(H,18,19). The summed E-state index contributed by atoms with van der Waals surface area (Å²) in [5, 5.41) is 12.0. The van der Waals surface area contributed by atoms with Crippen molar-refractivity contribution in [3.8, 4) is 0 Å². The average molecular weight is 327 g/mol. The van der Waals surface area contributed by atoms with Crippen LogP contribution in [0.1, 0.15) is 16.1 Å². The van der Waals surface area contributed by atoms with Crippen LogP contribution in [-0.4, -0.2) is 35.0 Å². The lowest BCUT2D eigenvalue weighted by Gasteiger charge is -2.12. The number of nitrogens with one attached hydrogen (secondary N) is 1. The van der Waals surface area contributed by atoms with E-state index < -0.39 is 17.9 Å². The molecule has 0 saturated heterocycles. The number of fused-ring (bicyclic) bond motifs is 1. The molecule has 0 aliphatic rings. The zero-order valence-corrected chi connectivity index (χ0v) is 12.9. The third-order valence-electron chi connectivity index (χ3n) is 2.95. The number of amides is 1. The third kappa shape index (κ3) is 3.74. The minimum atomic E-state index is -1.07. The van der Waals surface area contributed by atoms with Crippen LogP contribution in [0.25, 0.3) is 10.1 Å². The van der Waals surface area contributed by atoms with Gasteiger partial charge in [0, 0.05) is 10.1 Å². The number of carboxylic acids is 1. The van der Waals surface area contributed by atoms with E-state index in [0.717, 1.165) is 11.3 Å². The first-order chi connectivity index (χ1) is 10.0. The van der Waals surface area contributed by atoms with E-state index >= 15 is 0 Å². The number of benzene rings is 1. The van der Waals surface area contributed by atoms with Crippen molar-refractivity contribution in [1.29, 1.82) is 0 Å². The van der Waals surface area contributed by atoms with Crippen molar-refractivity contribution in [2.45, 2.75) is 12.5 Å². The van der Waals surface area contributed by atoms with Gasteiger partial charge in [0.1, 0.15) is 11.9 Å². The first-order valence-corrected chi connectivity index (χ1v) is 8.44. The molecule has 0 spiro atoms. The van der Waals surface area contributed by atoms with Gasteiger partial charge in [0.05, 0.1) is 4.88 Å². The highest BCUT2D eigenvalue weighted by atomic mass is 32.2. The van der Waals surface area contributed by atoms with Gasteiger partial charge in [0.2, 0.25) is 0 Å². The Hall–Kier alpha value is -1.60. The number of rotatable bonds is 6. The summed E-state index contributed by atoms with van der Waals surface area (Å²) in [5.41, 5.74) is 0. The Morgan fingerprint density at radius 3 is 2.86 bits per heavy atom. The van der Waals surface area contributed by atoms with E-state index in [2.05, 4.69) is 5.32 Å². The maximum Gasteiger partial charge on any atom is 0.326 e. The molecular formula is C14H14FNO3S2. The van der Waals surface area contributed by atoms with Crippen molar-refractivity contribution < 1.29 is 19.1 Å². The summed E-state index contributed by atoms with van der Waals surface area (Å²) in [4.78, 5) is 23.5. The van der Waals surface area contributed by atoms with Crippen LogP contribution in [0.3, 0.4) is 0 Å². The van der Waals surface area contributed by atoms with Crippen LogP contribution in [0.15, 0.2) is 24.3 Å². The van der Waals surface area contributed by atoms with Crippen LogP contribution < -0.4 is 5.32 Å². The zero-order chi connectivity index (χ0) is 15.4. The predicted octanol–water partition coefficient (Wildman–Crippen LogP) is 2.98. The molecule has 1 heterocycles. The molecule has 21 heavy (non-hydrogen) atoms. The van der Waals surface area contributed by atoms with Crippen molar-refractivity contribution in [3.63, 3.8) is 0 Å². The van der Waals surface area contributed by atoms with Gasteiger partial charge in [-0.3, -0.25) is 4.79 Å². The smallest absolute Gasteiger partial charge is 0.326 e. The van der Waals surface area contributed by atoms with Crippen molar-refractivity contribution in [2.75, 3.05) is 12.0 Å². The monoisotopic (exact) mass is 327 g/mol. The van der Waals surface area contributed by atoms with Gasteiger partial charge < -0.3 is 10.4 Å². The number of carboxylic acid groups (broad SMARTS) is 1. The van der Waals surface area contributed by atoms with E-state index in [0.29, 0.717) is 27.1 Å². The van der Waals surface area contributed by atoms with Gasteiger partial charge in [-0.25, -0.2) is 9.18 Å². The normalized spacial score (nSPS) is 12.3. The Kier molecular flexibility index (Phi) is 5.19. The minimum Gasteiger partial charge on any atom is -0.480 e. The highest BCUT2D eigenvalue weighted by Crippen LogP contribution is 2.27. The van der Waals surface area contributed by atoms with Crippen LogP contribution in [0.4, 0.5) is 4.39 Å². The van der Waals surface area contributed by atoms with Crippen LogP contribution >= 0.6 is 23.1 Å². The lowest BCUT2D eigenvalue weighted by atomic mass is 10.2. The van der Waals surface area contributed by atoms with E-state index in [-0.39, 0.29) is 5.82 Å². The Bertz CT molecular complexity index is 671. The number of aliphatic carboxylic acids is 1. The van der Waals surface area contributed by atoms with E-state index in [1.165, 1.54) is 23.9 Å². The SMILES string of the molecule is CSCCC(NC(=O)c1cc2c(F)cccc2s1)C(=O)O. The first-order valence-electron chi connectivity index (χ1n) is 6.23. The second kappa shape index (κ2) is 6.91. The number of halogens is 1. The maximum absolute atomic E-state index is 13.6. The van der Waals surface area contributed by atoms with Gasteiger partial charge in [-0.15, -0.1) is 11.3 Å². The van der Waals surface area contributed by atoms with Crippen molar-refractivity contribution in [1.82, 2.24) is 5.32 Å². The van der Waals surface area contributed by atoms with Gasteiger partial charge in [0.15, 0.2) is 0 Å². The molecule has 112 valence electrons. The topological polar surface area (TPSA) is 66.4 Å². The Morgan fingerprint density at radius 2 is 2.24 bits per heavy atom. The minimum absolute atomic E-state index is 0.311. The maximum atomic E-state index is 13.6. The molecule has 0 saturated carbocycles. The lowest BCUT2D eigenvalue weighted by molar-refractivity contribution is -0.139. The molecule has 1 unspecified atom stereocenters. The van der Waals surface area contributed by atoms with E-state index in [4.69, 9.17) is 5.11 Å². The predicted molar refractivity (Wildman–Crippen MR) is 83.7 cm³/mol. The number of carbonyl (C=O) groups excluding carboxylic acids is 1. The molecule has 0 bridgehead atoms. The number of hydrogen-bond acceptors (Lipinski definition) is 4. The van der Waals surface area contributed by atoms with Gasteiger partial charge in [-0.1, -0.05) is 6.07 Å². The summed E-state index contributed by atoms with van der Waals surface area (Å²) in [6.45, 7) is 0. The Balaban J connectivity index is 2.17. The molecule has 1 aromatic heterocycles. The third-order valence-corrected chi connectivity index (χ3v) is 4.69. The second-order valence-corrected chi connectivity index (χ2v) is 6.48. The molecule has 2 rings (SSSR count). The molecule has 0 radical (unpaired) electrons. The molecular weight excluding hydrogens is 313 g/mol. The van der Waals surface area contributed by atoms with Gasteiger partial charge in [-0.05, 0) is 36.6 Å². The molecule has 1 aromatic carbocycles. The molecule has 7 heteroatoms. The molecule has 0 aliphatic carbocycles. The molecule has 2 aromatic rings. The fraction of sp³-hybridized carbons (Fsp3) is 0.286. The average Bonchev–Trinajstić information content (AvgIpc) is 2.88. The summed E-state index contributed by atoms with van der Waals surface area (Å²) in [6.07, 6.45) is 2.22.